The van der Waals surface area contributed by atoms with E-state index in [0.29, 0.717) is 6.54 Å². The van der Waals surface area contributed by atoms with Crippen LogP contribution in [0.4, 0.5) is 9.80 Å². The third kappa shape index (κ3) is 2.69. The highest BCUT2D eigenvalue weighted by molar-refractivity contribution is 7.14. The molecular weight excluding hydrogens is 216 g/mol. The summed E-state index contributed by atoms with van der Waals surface area (Å²) in [5, 5.41) is 7.90. The molecule has 6 heteroatoms. The molecule has 0 aromatic carbocycles. The molecule has 1 aromatic heterocycles. The molecule has 1 saturated heterocycles. The number of amides is 2. The van der Waals surface area contributed by atoms with Gasteiger partial charge in [0.1, 0.15) is 6.10 Å². The number of hydrogen-bond donors (Lipinski definition) is 2. The number of ether oxygens (including phenoxy) is 1. The van der Waals surface area contributed by atoms with Crippen molar-refractivity contribution in [1.82, 2.24) is 5.32 Å². The maximum atomic E-state index is 11.4. The average molecular weight is 226 g/mol. The lowest BCUT2D eigenvalue weighted by molar-refractivity contribution is -0.117. The fraction of sp³-hybridized carbons (Fsp3) is 0.333. The Hall–Kier alpha value is -1.56. The number of rotatable bonds is 3. The first-order valence-corrected chi connectivity index (χ1v) is 5.40. The van der Waals surface area contributed by atoms with E-state index < -0.39 is 6.09 Å². The van der Waals surface area contributed by atoms with E-state index in [4.69, 9.17) is 4.74 Å². The minimum atomic E-state index is -0.455. The minimum absolute atomic E-state index is 0.140. The Kier molecular flexibility index (Phi) is 2.86. The highest BCUT2D eigenvalue weighted by Gasteiger charge is 2.24. The zero-order valence-corrected chi connectivity index (χ0v) is 8.67. The summed E-state index contributed by atoms with van der Waals surface area (Å²) in [5.74, 6) is -0.140. The molecule has 2 heterocycles. The van der Waals surface area contributed by atoms with Crippen molar-refractivity contribution in [3.63, 3.8) is 0 Å². The van der Waals surface area contributed by atoms with Crippen molar-refractivity contribution in [2.45, 2.75) is 12.5 Å². The van der Waals surface area contributed by atoms with Crippen molar-refractivity contribution < 1.29 is 14.3 Å². The second kappa shape index (κ2) is 4.31. The second-order valence-electron chi connectivity index (χ2n) is 3.14. The van der Waals surface area contributed by atoms with Crippen LogP contribution in [0.1, 0.15) is 6.42 Å². The van der Waals surface area contributed by atoms with Crippen molar-refractivity contribution >= 4 is 28.3 Å². The lowest BCUT2D eigenvalue weighted by atomic mass is 10.2. The van der Waals surface area contributed by atoms with Crippen molar-refractivity contribution in [2.75, 3.05) is 11.9 Å². The van der Waals surface area contributed by atoms with Gasteiger partial charge >= 0.3 is 6.09 Å². The monoisotopic (exact) mass is 226 g/mol. The molecule has 1 unspecified atom stereocenters. The topological polar surface area (TPSA) is 67.4 Å². The highest BCUT2D eigenvalue weighted by atomic mass is 32.1. The van der Waals surface area contributed by atoms with Gasteiger partial charge in [-0.3, -0.25) is 4.79 Å². The molecule has 0 radical (unpaired) electrons. The Bertz CT molecular complexity index is 363. The minimum Gasteiger partial charge on any atom is -0.444 e. The lowest BCUT2D eigenvalue weighted by Gasteiger charge is -2.06. The van der Waals surface area contributed by atoms with Gasteiger partial charge in [-0.05, 0) is 17.5 Å². The maximum absolute atomic E-state index is 11.4. The summed E-state index contributed by atoms with van der Waals surface area (Å²) in [5.41, 5.74) is 0. The second-order valence-corrected chi connectivity index (χ2v) is 4.09. The van der Waals surface area contributed by atoms with Gasteiger partial charge in [-0.2, -0.15) is 0 Å². The molecule has 1 aromatic rings. The molecule has 0 saturated carbocycles. The lowest BCUT2D eigenvalue weighted by Crippen LogP contribution is -2.22. The maximum Gasteiger partial charge on any atom is 0.407 e. The van der Waals surface area contributed by atoms with E-state index in [9.17, 15) is 9.59 Å². The largest absolute Gasteiger partial charge is 0.444 e. The van der Waals surface area contributed by atoms with Crippen LogP contribution in [-0.2, 0) is 9.53 Å². The predicted molar refractivity (Wildman–Crippen MR) is 55.8 cm³/mol. The van der Waals surface area contributed by atoms with E-state index in [1.165, 1.54) is 11.3 Å². The van der Waals surface area contributed by atoms with E-state index in [0.717, 1.165) is 5.00 Å². The van der Waals surface area contributed by atoms with E-state index in [2.05, 4.69) is 10.6 Å². The van der Waals surface area contributed by atoms with Crippen LogP contribution in [-0.4, -0.2) is 24.6 Å². The third-order valence-corrected chi connectivity index (χ3v) is 2.73. The molecule has 0 bridgehead atoms. The van der Waals surface area contributed by atoms with Crippen LogP contribution in [0.3, 0.4) is 0 Å². The quantitative estimate of drug-likeness (QED) is 0.813. The number of carbonyl (C=O) groups excluding carboxylic acids is 2. The molecule has 0 aliphatic carbocycles. The molecule has 2 amide bonds. The van der Waals surface area contributed by atoms with E-state index in [1.807, 2.05) is 17.5 Å². The van der Waals surface area contributed by atoms with Gasteiger partial charge in [0.15, 0.2) is 0 Å². The summed E-state index contributed by atoms with van der Waals surface area (Å²) in [7, 11) is 0. The normalized spacial score (nSPS) is 19.5. The summed E-state index contributed by atoms with van der Waals surface area (Å²) >= 11 is 1.45. The number of nitrogens with one attached hydrogen (secondary N) is 2. The summed E-state index contributed by atoms with van der Waals surface area (Å²) in [6.07, 6.45) is -0.613. The molecule has 80 valence electrons. The number of hydrogen-bond acceptors (Lipinski definition) is 4. The summed E-state index contributed by atoms with van der Waals surface area (Å²) in [4.78, 5) is 22.1. The van der Waals surface area contributed by atoms with Crippen LogP contribution in [0.5, 0.6) is 0 Å². The van der Waals surface area contributed by atoms with Crippen LogP contribution < -0.4 is 10.6 Å². The third-order valence-electron chi connectivity index (χ3n) is 1.94. The first-order chi connectivity index (χ1) is 7.24. The van der Waals surface area contributed by atoms with Gasteiger partial charge in [0, 0.05) is 0 Å². The SMILES string of the molecule is O=C(CC1CNC(=O)O1)Nc1cccs1. The van der Waals surface area contributed by atoms with E-state index in [-0.39, 0.29) is 18.4 Å². The van der Waals surface area contributed by atoms with Crippen LogP contribution in [0.2, 0.25) is 0 Å². The van der Waals surface area contributed by atoms with Crippen molar-refractivity contribution in [3.8, 4) is 0 Å². The van der Waals surface area contributed by atoms with Crippen molar-refractivity contribution in [1.29, 1.82) is 0 Å². The average Bonchev–Trinajstić information content (AvgIpc) is 2.77. The molecule has 0 spiro atoms. The van der Waals surface area contributed by atoms with Crippen molar-refractivity contribution in [2.24, 2.45) is 0 Å². The molecule has 1 aliphatic heterocycles. The number of anilines is 1. The number of cyclic esters (lactones) is 1. The van der Waals surface area contributed by atoms with E-state index >= 15 is 0 Å². The fourth-order valence-corrected chi connectivity index (χ4v) is 1.92. The van der Waals surface area contributed by atoms with Gasteiger partial charge in [-0.1, -0.05) is 0 Å². The van der Waals surface area contributed by atoms with Gasteiger partial charge in [-0.15, -0.1) is 11.3 Å². The number of thiophene rings is 1. The van der Waals surface area contributed by atoms with E-state index in [1.54, 1.807) is 0 Å². The Balaban J connectivity index is 1.80. The molecule has 1 aliphatic rings. The Morgan fingerprint density at radius 1 is 1.73 bits per heavy atom. The summed E-state index contributed by atoms with van der Waals surface area (Å²) < 4.78 is 4.84. The van der Waals surface area contributed by atoms with Gasteiger partial charge in [0.05, 0.1) is 18.0 Å². The van der Waals surface area contributed by atoms with Crippen LogP contribution in [0.25, 0.3) is 0 Å². The molecule has 1 atom stereocenters. The first kappa shape index (κ1) is 9.97. The zero-order chi connectivity index (χ0) is 10.7. The zero-order valence-electron chi connectivity index (χ0n) is 7.86. The Morgan fingerprint density at radius 3 is 3.20 bits per heavy atom. The molecule has 2 rings (SSSR count). The molecule has 15 heavy (non-hydrogen) atoms. The highest BCUT2D eigenvalue weighted by Crippen LogP contribution is 2.16. The van der Waals surface area contributed by atoms with Gasteiger partial charge in [0.25, 0.3) is 0 Å². The molecule has 1 fully saturated rings. The Labute approximate surface area is 90.4 Å². The van der Waals surface area contributed by atoms with Gasteiger partial charge in [0.2, 0.25) is 5.91 Å². The molecular formula is C9H10N2O3S. The van der Waals surface area contributed by atoms with Gasteiger partial charge < -0.3 is 15.4 Å². The molecule has 5 nitrogen and oxygen atoms in total. The number of alkyl carbamates (subject to hydrolysis) is 1. The fourth-order valence-electron chi connectivity index (χ4n) is 1.29. The summed E-state index contributed by atoms with van der Waals surface area (Å²) in [6, 6.07) is 3.68. The van der Waals surface area contributed by atoms with Gasteiger partial charge in [-0.25, -0.2) is 4.79 Å². The first-order valence-electron chi connectivity index (χ1n) is 4.52. The Morgan fingerprint density at radius 2 is 2.60 bits per heavy atom. The predicted octanol–water partition coefficient (Wildman–Crippen LogP) is 1.19. The summed E-state index contributed by atoms with van der Waals surface area (Å²) in [6.45, 7) is 0.399. The van der Waals surface area contributed by atoms with Crippen LogP contribution in [0.15, 0.2) is 17.5 Å². The standard InChI is InChI=1S/C9H10N2O3S/c12-7(11-8-2-1-3-15-8)4-6-5-10-9(13)14-6/h1-3,6H,4-5H2,(H,10,13)(H,11,12). The number of carbonyl (C=O) groups is 2. The molecule has 2 N–H and O–H groups in total. The van der Waals surface area contributed by atoms with Crippen molar-refractivity contribution in [3.05, 3.63) is 17.5 Å². The smallest absolute Gasteiger partial charge is 0.407 e. The van der Waals surface area contributed by atoms with Crippen LogP contribution >= 0.6 is 11.3 Å². The van der Waals surface area contributed by atoms with Crippen LogP contribution in [0, 0.1) is 0 Å².